The van der Waals surface area contributed by atoms with Gasteiger partial charge in [-0.05, 0) is 6.92 Å². The molecule has 7 heteroatoms. The van der Waals surface area contributed by atoms with Crippen LogP contribution < -0.4 is 4.74 Å². The molecule has 0 N–H and O–H groups in total. The standard InChI is InChI=1S/C10H11N3O4/c1-2-12-3-4-17-9-8(10(12)14)5-7(6-11-9)13(15)16/h5-6H,2-4H2,1H3. The van der Waals surface area contributed by atoms with Crippen LogP contribution in [0.2, 0.25) is 0 Å². The lowest BCUT2D eigenvalue weighted by atomic mass is 10.2. The van der Waals surface area contributed by atoms with Crippen molar-refractivity contribution in [3.8, 4) is 5.88 Å². The molecule has 90 valence electrons. The SMILES string of the molecule is CCN1CCOc2ncc([N+](=O)[O-])cc2C1=O. The van der Waals surface area contributed by atoms with Gasteiger partial charge in [-0.25, -0.2) is 4.98 Å². The molecule has 0 spiro atoms. The van der Waals surface area contributed by atoms with Crippen LogP contribution in [0.1, 0.15) is 17.3 Å². The number of likely N-dealkylation sites (N-methyl/N-ethyl adjacent to an activating group) is 1. The number of pyridine rings is 1. The quantitative estimate of drug-likeness (QED) is 0.562. The Labute approximate surface area is 97.2 Å². The monoisotopic (exact) mass is 237 g/mol. The summed E-state index contributed by atoms with van der Waals surface area (Å²) in [6.45, 7) is 3.18. The molecular formula is C10H11N3O4. The first-order valence-corrected chi connectivity index (χ1v) is 5.20. The summed E-state index contributed by atoms with van der Waals surface area (Å²) in [7, 11) is 0. The predicted molar refractivity (Wildman–Crippen MR) is 58.0 cm³/mol. The molecule has 2 heterocycles. The van der Waals surface area contributed by atoms with E-state index in [2.05, 4.69) is 4.98 Å². The Hall–Kier alpha value is -2.18. The number of rotatable bonds is 2. The van der Waals surface area contributed by atoms with Crippen molar-refractivity contribution in [1.82, 2.24) is 9.88 Å². The highest BCUT2D eigenvalue weighted by Gasteiger charge is 2.25. The van der Waals surface area contributed by atoms with E-state index in [0.717, 1.165) is 6.20 Å². The van der Waals surface area contributed by atoms with Crippen molar-refractivity contribution in [2.24, 2.45) is 0 Å². The van der Waals surface area contributed by atoms with Crippen molar-refractivity contribution in [2.75, 3.05) is 19.7 Å². The minimum atomic E-state index is -0.582. The van der Waals surface area contributed by atoms with Gasteiger partial charge in [0.1, 0.15) is 18.4 Å². The average molecular weight is 237 g/mol. The predicted octanol–water partition coefficient (Wildman–Crippen LogP) is 0.844. The molecule has 0 aliphatic carbocycles. The second kappa shape index (κ2) is 4.36. The van der Waals surface area contributed by atoms with Crippen molar-refractivity contribution in [3.63, 3.8) is 0 Å². The number of fused-ring (bicyclic) bond motifs is 1. The Balaban J connectivity index is 2.46. The minimum Gasteiger partial charge on any atom is -0.475 e. The van der Waals surface area contributed by atoms with E-state index in [9.17, 15) is 14.9 Å². The first-order valence-electron chi connectivity index (χ1n) is 5.20. The highest BCUT2D eigenvalue weighted by molar-refractivity contribution is 5.97. The Kier molecular flexibility index (Phi) is 2.90. The lowest BCUT2D eigenvalue weighted by Gasteiger charge is -2.16. The first kappa shape index (κ1) is 11.3. The van der Waals surface area contributed by atoms with Crippen LogP contribution >= 0.6 is 0 Å². The maximum atomic E-state index is 12.0. The highest BCUT2D eigenvalue weighted by Crippen LogP contribution is 2.24. The summed E-state index contributed by atoms with van der Waals surface area (Å²) in [6, 6.07) is 1.21. The Morgan fingerprint density at radius 3 is 3.06 bits per heavy atom. The van der Waals surface area contributed by atoms with E-state index in [-0.39, 0.29) is 23.0 Å². The van der Waals surface area contributed by atoms with Gasteiger partial charge in [0.2, 0.25) is 5.88 Å². The molecule has 1 aliphatic heterocycles. The van der Waals surface area contributed by atoms with Crippen LogP contribution in [0.5, 0.6) is 5.88 Å². The lowest BCUT2D eigenvalue weighted by Crippen LogP contribution is -2.32. The number of carbonyl (C=O) groups excluding carboxylic acids is 1. The normalized spacial score (nSPS) is 14.9. The molecule has 0 fully saturated rings. The molecule has 0 radical (unpaired) electrons. The van der Waals surface area contributed by atoms with Crippen LogP contribution in [0, 0.1) is 10.1 Å². The number of aromatic nitrogens is 1. The maximum absolute atomic E-state index is 12.0. The number of amides is 1. The number of hydrogen-bond acceptors (Lipinski definition) is 5. The molecule has 0 unspecified atom stereocenters. The third-order valence-electron chi connectivity index (χ3n) is 2.55. The van der Waals surface area contributed by atoms with Gasteiger partial charge < -0.3 is 9.64 Å². The minimum absolute atomic E-state index is 0.151. The van der Waals surface area contributed by atoms with Crippen LogP contribution in [0.25, 0.3) is 0 Å². The van der Waals surface area contributed by atoms with Gasteiger partial charge in [0.15, 0.2) is 0 Å². The van der Waals surface area contributed by atoms with Crippen molar-refractivity contribution in [1.29, 1.82) is 0 Å². The van der Waals surface area contributed by atoms with E-state index in [4.69, 9.17) is 4.74 Å². The fraction of sp³-hybridized carbons (Fsp3) is 0.400. The van der Waals surface area contributed by atoms with Gasteiger partial charge in [0, 0.05) is 12.6 Å². The van der Waals surface area contributed by atoms with Crippen LogP contribution in [0.15, 0.2) is 12.3 Å². The zero-order chi connectivity index (χ0) is 12.4. The first-order chi connectivity index (χ1) is 8.13. The summed E-state index contributed by atoms with van der Waals surface area (Å²) in [5.74, 6) is -0.118. The summed E-state index contributed by atoms with van der Waals surface area (Å²) in [6.07, 6.45) is 1.09. The van der Waals surface area contributed by atoms with Gasteiger partial charge in [-0.2, -0.15) is 0 Å². The van der Waals surface area contributed by atoms with Crippen LogP contribution in [-0.4, -0.2) is 40.4 Å². The van der Waals surface area contributed by atoms with Crippen molar-refractivity contribution in [2.45, 2.75) is 6.92 Å². The van der Waals surface area contributed by atoms with E-state index < -0.39 is 4.92 Å². The molecule has 2 rings (SSSR count). The Morgan fingerprint density at radius 2 is 2.41 bits per heavy atom. The van der Waals surface area contributed by atoms with Crippen molar-refractivity contribution < 1.29 is 14.5 Å². The molecule has 0 aromatic carbocycles. The fourth-order valence-electron chi connectivity index (χ4n) is 1.64. The molecule has 7 nitrogen and oxygen atoms in total. The Bertz CT molecular complexity index is 475. The molecule has 1 aromatic rings. The summed E-state index contributed by atoms with van der Waals surface area (Å²) in [5.41, 5.74) is -0.0581. The largest absolute Gasteiger partial charge is 0.475 e. The topological polar surface area (TPSA) is 85.6 Å². The number of nitrogens with zero attached hydrogens (tertiary/aromatic N) is 3. The van der Waals surface area contributed by atoms with Gasteiger partial charge in [0.25, 0.3) is 11.6 Å². The summed E-state index contributed by atoms with van der Waals surface area (Å²) in [4.78, 5) is 27.4. The van der Waals surface area contributed by atoms with Gasteiger partial charge in [-0.3, -0.25) is 14.9 Å². The van der Waals surface area contributed by atoms with Gasteiger partial charge >= 0.3 is 0 Å². The molecule has 1 aromatic heterocycles. The number of carbonyl (C=O) groups is 1. The van der Waals surface area contributed by atoms with Crippen LogP contribution in [0.3, 0.4) is 0 Å². The molecule has 1 amide bonds. The number of ether oxygens (including phenoxy) is 1. The summed E-state index contributed by atoms with van der Waals surface area (Å²) in [5, 5.41) is 10.6. The molecule has 0 saturated carbocycles. The second-order valence-electron chi connectivity index (χ2n) is 3.54. The molecular weight excluding hydrogens is 226 g/mol. The Morgan fingerprint density at radius 1 is 1.65 bits per heavy atom. The molecule has 1 aliphatic rings. The molecule has 17 heavy (non-hydrogen) atoms. The molecule has 0 atom stereocenters. The zero-order valence-corrected chi connectivity index (χ0v) is 9.25. The second-order valence-corrected chi connectivity index (χ2v) is 3.54. The fourth-order valence-corrected chi connectivity index (χ4v) is 1.64. The molecule has 0 saturated heterocycles. The molecule has 0 bridgehead atoms. The number of hydrogen-bond donors (Lipinski definition) is 0. The van der Waals surface area contributed by atoms with E-state index >= 15 is 0 Å². The third-order valence-corrected chi connectivity index (χ3v) is 2.55. The van der Waals surface area contributed by atoms with E-state index in [0.29, 0.717) is 19.7 Å². The zero-order valence-electron chi connectivity index (χ0n) is 9.25. The highest BCUT2D eigenvalue weighted by atomic mass is 16.6. The summed E-state index contributed by atoms with van der Waals surface area (Å²) < 4.78 is 5.29. The number of nitro groups is 1. The van der Waals surface area contributed by atoms with E-state index in [1.54, 1.807) is 4.90 Å². The van der Waals surface area contributed by atoms with Gasteiger partial charge in [0.05, 0.1) is 11.5 Å². The average Bonchev–Trinajstić information content (AvgIpc) is 2.48. The van der Waals surface area contributed by atoms with E-state index in [1.807, 2.05) is 6.92 Å². The van der Waals surface area contributed by atoms with E-state index in [1.165, 1.54) is 6.07 Å². The third kappa shape index (κ3) is 2.03. The van der Waals surface area contributed by atoms with Gasteiger partial charge in [-0.1, -0.05) is 0 Å². The summed E-state index contributed by atoms with van der Waals surface area (Å²) >= 11 is 0. The van der Waals surface area contributed by atoms with Crippen LogP contribution in [0.4, 0.5) is 5.69 Å². The van der Waals surface area contributed by atoms with Gasteiger partial charge in [-0.15, -0.1) is 0 Å². The lowest BCUT2D eigenvalue weighted by molar-refractivity contribution is -0.385. The smallest absolute Gasteiger partial charge is 0.288 e. The van der Waals surface area contributed by atoms with Crippen molar-refractivity contribution in [3.05, 3.63) is 27.9 Å². The maximum Gasteiger partial charge on any atom is 0.288 e. The van der Waals surface area contributed by atoms with Crippen LogP contribution in [-0.2, 0) is 0 Å². The van der Waals surface area contributed by atoms with Crippen molar-refractivity contribution >= 4 is 11.6 Å².